The van der Waals surface area contributed by atoms with E-state index in [-0.39, 0.29) is 5.91 Å². The van der Waals surface area contributed by atoms with Gasteiger partial charge in [0.25, 0.3) is 0 Å². The first-order chi connectivity index (χ1) is 11.2. The Bertz CT molecular complexity index is 368. The van der Waals surface area contributed by atoms with E-state index in [0.29, 0.717) is 18.3 Å². The summed E-state index contributed by atoms with van der Waals surface area (Å²) in [5.41, 5.74) is 0. The zero-order valence-corrected chi connectivity index (χ0v) is 14.6. The van der Waals surface area contributed by atoms with Crippen LogP contribution in [0.25, 0.3) is 0 Å². The van der Waals surface area contributed by atoms with Crippen LogP contribution < -0.4 is 5.32 Å². The zero-order valence-electron chi connectivity index (χ0n) is 14.6. The summed E-state index contributed by atoms with van der Waals surface area (Å²) in [5.74, 6) is 1.33. The van der Waals surface area contributed by atoms with Crippen LogP contribution in [-0.2, 0) is 9.53 Å². The Morgan fingerprint density at radius 2 is 1.78 bits per heavy atom. The molecule has 0 aliphatic carbocycles. The van der Waals surface area contributed by atoms with Crippen LogP contribution in [0.1, 0.15) is 38.5 Å². The molecule has 3 heterocycles. The third-order valence-electron chi connectivity index (χ3n) is 5.94. The van der Waals surface area contributed by atoms with Crippen molar-refractivity contribution in [1.29, 1.82) is 0 Å². The highest BCUT2D eigenvalue weighted by Gasteiger charge is 2.27. The third kappa shape index (κ3) is 5.16. The molecule has 0 bridgehead atoms. The Morgan fingerprint density at radius 1 is 1.04 bits per heavy atom. The van der Waals surface area contributed by atoms with E-state index in [1.54, 1.807) is 0 Å². The molecule has 1 unspecified atom stereocenters. The second-order valence-electron chi connectivity index (χ2n) is 7.75. The van der Waals surface area contributed by atoms with Gasteiger partial charge >= 0.3 is 0 Å². The van der Waals surface area contributed by atoms with E-state index < -0.39 is 0 Å². The van der Waals surface area contributed by atoms with E-state index >= 15 is 0 Å². The van der Waals surface area contributed by atoms with Gasteiger partial charge < -0.3 is 19.9 Å². The van der Waals surface area contributed by atoms with Crippen LogP contribution in [0.15, 0.2) is 0 Å². The van der Waals surface area contributed by atoms with E-state index in [0.717, 1.165) is 32.2 Å². The predicted molar refractivity (Wildman–Crippen MR) is 91.4 cm³/mol. The monoisotopic (exact) mass is 323 g/mol. The van der Waals surface area contributed by atoms with Crippen molar-refractivity contribution in [2.75, 3.05) is 53.0 Å². The summed E-state index contributed by atoms with van der Waals surface area (Å²) in [6.45, 7) is 7.37. The fourth-order valence-electron chi connectivity index (χ4n) is 4.22. The Balaban J connectivity index is 1.30. The molecule has 1 amide bonds. The van der Waals surface area contributed by atoms with Gasteiger partial charge in [-0.3, -0.25) is 4.79 Å². The summed E-state index contributed by atoms with van der Waals surface area (Å²) >= 11 is 0. The zero-order chi connectivity index (χ0) is 16.1. The summed E-state index contributed by atoms with van der Waals surface area (Å²) in [4.78, 5) is 17.1. The standard InChI is InChI=1S/C18H33N3O2/c1-20-7-4-17(5-8-20)21-9-2-15(3-10-21)13-19-18(22)12-16-6-11-23-14-16/h15-17H,2-14H2,1H3,(H,19,22). The molecule has 5 heteroatoms. The van der Waals surface area contributed by atoms with Crippen molar-refractivity contribution in [1.82, 2.24) is 15.1 Å². The largest absolute Gasteiger partial charge is 0.381 e. The molecule has 0 saturated carbocycles. The van der Waals surface area contributed by atoms with Gasteiger partial charge in [0.05, 0.1) is 0 Å². The Kier molecular flexibility index (Phi) is 6.31. The van der Waals surface area contributed by atoms with Crippen LogP contribution in [0, 0.1) is 11.8 Å². The number of nitrogens with one attached hydrogen (secondary N) is 1. The molecule has 0 aromatic carbocycles. The smallest absolute Gasteiger partial charge is 0.220 e. The van der Waals surface area contributed by atoms with Crippen LogP contribution in [0.3, 0.4) is 0 Å². The molecule has 3 rings (SSSR count). The number of rotatable bonds is 5. The summed E-state index contributed by atoms with van der Waals surface area (Å²) in [6.07, 6.45) is 6.80. The van der Waals surface area contributed by atoms with E-state index in [1.165, 1.54) is 51.9 Å². The average Bonchev–Trinajstić information content (AvgIpc) is 3.07. The van der Waals surface area contributed by atoms with Crippen molar-refractivity contribution in [3.8, 4) is 0 Å². The number of hydrogen-bond acceptors (Lipinski definition) is 4. The Labute approximate surface area is 140 Å². The van der Waals surface area contributed by atoms with Gasteiger partial charge in [0.2, 0.25) is 5.91 Å². The van der Waals surface area contributed by atoms with Crippen LogP contribution in [0.2, 0.25) is 0 Å². The first-order valence-electron chi connectivity index (χ1n) is 9.47. The fraction of sp³-hybridized carbons (Fsp3) is 0.944. The maximum atomic E-state index is 12.0. The summed E-state index contributed by atoms with van der Waals surface area (Å²) < 4.78 is 5.34. The molecular weight excluding hydrogens is 290 g/mol. The summed E-state index contributed by atoms with van der Waals surface area (Å²) in [5, 5.41) is 3.16. The second kappa shape index (κ2) is 8.45. The van der Waals surface area contributed by atoms with Crippen molar-refractivity contribution in [3.63, 3.8) is 0 Å². The molecular formula is C18H33N3O2. The molecule has 0 aromatic heterocycles. The topological polar surface area (TPSA) is 44.8 Å². The van der Waals surface area contributed by atoms with Crippen molar-refractivity contribution < 1.29 is 9.53 Å². The van der Waals surface area contributed by atoms with Crippen molar-refractivity contribution in [2.24, 2.45) is 11.8 Å². The van der Waals surface area contributed by atoms with Crippen LogP contribution in [0.4, 0.5) is 0 Å². The predicted octanol–water partition coefficient (Wildman–Crippen LogP) is 1.34. The highest BCUT2D eigenvalue weighted by molar-refractivity contribution is 5.76. The second-order valence-corrected chi connectivity index (χ2v) is 7.75. The number of amides is 1. The number of likely N-dealkylation sites (tertiary alicyclic amines) is 2. The number of ether oxygens (including phenoxy) is 1. The van der Waals surface area contributed by atoms with Gasteiger partial charge in [-0.1, -0.05) is 0 Å². The van der Waals surface area contributed by atoms with Crippen LogP contribution >= 0.6 is 0 Å². The molecule has 3 aliphatic heterocycles. The SMILES string of the molecule is CN1CCC(N2CCC(CNC(=O)CC3CCOC3)CC2)CC1. The van der Waals surface area contributed by atoms with Gasteiger partial charge in [-0.25, -0.2) is 0 Å². The van der Waals surface area contributed by atoms with Crippen molar-refractivity contribution in [2.45, 2.75) is 44.6 Å². The number of nitrogens with zero attached hydrogens (tertiary/aromatic N) is 2. The lowest BCUT2D eigenvalue weighted by Gasteiger charge is -2.41. The molecule has 3 saturated heterocycles. The van der Waals surface area contributed by atoms with Crippen molar-refractivity contribution in [3.05, 3.63) is 0 Å². The highest BCUT2D eigenvalue weighted by atomic mass is 16.5. The van der Waals surface area contributed by atoms with E-state index in [1.807, 2.05) is 0 Å². The lowest BCUT2D eigenvalue weighted by molar-refractivity contribution is -0.122. The average molecular weight is 323 g/mol. The molecule has 1 N–H and O–H groups in total. The number of hydrogen-bond donors (Lipinski definition) is 1. The van der Waals surface area contributed by atoms with Gasteiger partial charge in [-0.2, -0.15) is 0 Å². The first-order valence-corrected chi connectivity index (χ1v) is 9.47. The normalized spacial score (nSPS) is 29.0. The van der Waals surface area contributed by atoms with Crippen LogP contribution in [-0.4, -0.2) is 74.7 Å². The van der Waals surface area contributed by atoms with Crippen LogP contribution in [0.5, 0.6) is 0 Å². The van der Waals surface area contributed by atoms with Crippen molar-refractivity contribution >= 4 is 5.91 Å². The lowest BCUT2D eigenvalue weighted by Crippen LogP contribution is -2.48. The fourth-order valence-corrected chi connectivity index (χ4v) is 4.22. The van der Waals surface area contributed by atoms with Gasteiger partial charge in [0, 0.05) is 32.2 Å². The molecule has 3 aliphatic rings. The molecule has 132 valence electrons. The molecule has 5 nitrogen and oxygen atoms in total. The maximum Gasteiger partial charge on any atom is 0.220 e. The number of carbonyl (C=O) groups is 1. The quantitative estimate of drug-likeness (QED) is 0.829. The van der Waals surface area contributed by atoms with E-state index in [4.69, 9.17) is 4.74 Å². The van der Waals surface area contributed by atoms with Gasteiger partial charge in [0.15, 0.2) is 0 Å². The highest BCUT2D eigenvalue weighted by Crippen LogP contribution is 2.23. The Morgan fingerprint density at radius 3 is 2.43 bits per heavy atom. The Hall–Kier alpha value is -0.650. The molecule has 0 spiro atoms. The minimum atomic E-state index is 0.221. The summed E-state index contributed by atoms with van der Waals surface area (Å²) in [7, 11) is 2.23. The lowest BCUT2D eigenvalue weighted by atomic mass is 9.93. The molecule has 0 radical (unpaired) electrons. The third-order valence-corrected chi connectivity index (χ3v) is 5.94. The maximum absolute atomic E-state index is 12.0. The molecule has 1 atom stereocenters. The molecule has 23 heavy (non-hydrogen) atoms. The summed E-state index contributed by atoms with van der Waals surface area (Å²) in [6, 6.07) is 0.795. The minimum Gasteiger partial charge on any atom is -0.381 e. The minimum absolute atomic E-state index is 0.221. The van der Waals surface area contributed by atoms with Gasteiger partial charge in [-0.15, -0.1) is 0 Å². The molecule has 3 fully saturated rings. The number of piperidine rings is 2. The van der Waals surface area contributed by atoms with Gasteiger partial charge in [0.1, 0.15) is 0 Å². The van der Waals surface area contributed by atoms with E-state index in [9.17, 15) is 4.79 Å². The number of carbonyl (C=O) groups excluding carboxylic acids is 1. The molecule has 0 aromatic rings. The first kappa shape index (κ1) is 17.2. The van der Waals surface area contributed by atoms with Gasteiger partial charge in [-0.05, 0) is 77.2 Å². The van der Waals surface area contributed by atoms with E-state index in [2.05, 4.69) is 22.2 Å².